The number of carbonyl (C=O) groups is 1. The van der Waals surface area contributed by atoms with Crippen molar-refractivity contribution in [3.63, 3.8) is 0 Å². The summed E-state index contributed by atoms with van der Waals surface area (Å²) in [6.45, 7) is 3.86. The minimum Gasteiger partial charge on any atom is -0.377 e. The van der Waals surface area contributed by atoms with Gasteiger partial charge in [-0.05, 0) is 24.0 Å². The normalized spacial score (nSPS) is 13.2. The van der Waals surface area contributed by atoms with Crippen LogP contribution in [0.25, 0.3) is 0 Å². The van der Waals surface area contributed by atoms with E-state index >= 15 is 0 Å². The lowest BCUT2D eigenvalue weighted by atomic mass is 9.94. The molecule has 4 nitrogen and oxygen atoms in total. The summed E-state index contributed by atoms with van der Waals surface area (Å²) in [7, 11) is 0. The van der Waals surface area contributed by atoms with Gasteiger partial charge in [0.2, 0.25) is 5.91 Å². The molecule has 0 aliphatic heterocycles. The molecular formula is C21H28N2O2. The Morgan fingerprint density at radius 1 is 1.04 bits per heavy atom. The average molecular weight is 340 g/mol. The van der Waals surface area contributed by atoms with Gasteiger partial charge in [0.1, 0.15) is 0 Å². The van der Waals surface area contributed by atoms with Crippen molar-refractivity contribution in [3.05, 3.63) is 71.8 Å². The van der Waals surface area contributed by atoms with E-state index in [4.69, 9.17) is 10.5 Å². The smallest absolute Gasteiger partial charge is 0.224 e. The van der Waals surface area contributed by atoms with E-state index in [2.05, 4.69) is 17.4 Å². The van der Waals surface area contributed by atoms with Crippen LogP contribution in [0.3, 0.4) is 0 Å². The van der Waals surface area contributed by atoms with Crippen LogP contribution in [0.15, 0.2) is 60.7 Å². The largest absolute Gasteiger partial charge is 0.377 e. The summed E-state index contributed by atoms with van der Waals surface area (Å²) in [5.74, 6) is -0.252. The van der Waals surface area contributed by atoms with Crippen LogP contribution in [0.1, 0.15) is 36.9 Å². The molecule has 2 atom stereocenters. The van der Waals surface area contributed by atoms with Gasteiger partial charge in [-0.25, -0.2) is 0 Å². The maximum absolute atomic E-state index is 12.2. The van der Waals surface area contributed by atoms with Crippen LogP contribution in [0.5, 0.6) is 0 Å². The monoisotopic (exact) mass is 340 g/mol. The van der Waals surface area contributed by atoms with E-state index in [9.17, 15) is 4.79 Å². The van der Waals surface area contributed by atoms with Gasteiger partial charge in [0, 0.05) is 19.2 Å². The molecule has 0 aromatic heterocycles. The molecule has 1 amide bonds. The van der Waals surface area contributed by atoms with E-state index in [1.807, 2.05) is 55.5 Å². The van der Waals surface area contributed by atoms with Gasteiger partial charge in [-0.15, -0.1) is 0 Å². The van der Waals surface area contributed by atoms with Gasteiger partial charge in [0.05, 0.1) is 12.5 Å². The summed E-state index contributed by atoms with van der Waals surface area (Å²) in [5.41, 5.74) is 8.35. The first-order chi connectivity index (χ1) is 12.2. The highest BCUT2D eigenvalue weighted by Gasteiger charge is 2.21. The predicted octanol–water partition coefficient (Wildman–Crippen LogP) is 3.44. The lowest BCUT2D eigenvalue weighted by Crippen LogP contribution is -2.36. The average Bonchev–Trinajstić information content (AvgIpc) is 2.67. The molecule has 3 N–H and O–H groups in total. The predicted molar refractivity (Wildman–Crippen MR) is 101 cm³/mol. The number of hydrogen-bond donors (Lipinski definition) is 2. The van der Waals surface area contributed by atoms with E-state index in [0.29, 0.717) is 19.8 Å². The molecule has 2 unspecified atom stereocenters. The molecule has 0 radical (unpaired) electrons. The molecule has 0 fully saturated rings. The molecule has 134 valence electrons. The Labute approximate surface area is 150 Å². The first kappa shape index (κ1) is 19.2. The zero-order chi connectivity index (χ0) is 17.9. The summed E-state index contributed by atoms with van der Waals surface area (Å²) < 4.78 is 5.64. The van der Waals surface area contributed by atoms with Crippen molar-refractivity contribution in [2.75, 3.05) is 13.2 Å². The van der Waals surface area contributed by atoms with Crippen LogP contribution in [-0.2, 0) is 16.1 Å². The summed E-state index contributed by atoms with van der Waals surface area (Å²) >= 11 is 0. The van der Waals surface area contributed by atoms with Crippen molar-refractivity contribution in [3.8, 4) is 0 Å². The van der Waals surface area contributed by atoms with Crippen molar-refractivity contribution in [1.82, 2.24) is 5.32 Å². The maximum atomic E-state index is 12.2. The lowest BCUT2D eigenvalue weighted by Gasteiger charge is -2.19. The van der Waals surface area contributed by atoms with Gasteiger partial charge in [0.25, 0.3) is 0 Å². The van der Waals surface area contributed by atoms with E-state index in [0.717, 1.165) is 18.4 Å². The molecule has 0 saturated carbocycles. The number of benzene rings is 2. The van der Waals surface area contributed by atoms with Crippen molar-refractivity contribution in [2.45, 2.75) is 32.4 Å². The van der Waals surface area contributed by atoms with Crippen LogP contribution >= 0.6 is 0 Å². The second-order valence-electron chi connectivity index (χ2n) is 6.26. The summed E-state index contributed by atoms with van der Waals surface area (Å²) in [5, 5.41) is 2.97. The Balaban J connectivity index is 1.57. The molecule has 0 aliphatic carbocycles. The molecule has 4 heteroatoms. The molecule has 0 saturated heterocycles. The molecule has 0 bridgehead atoms. The highest BCUT2D eigenvalue weighted by molar-refractivity contribution is 5.79. The molecule has 0 aliphatic rings. The van der Waals surface area contributed by atoms with Crippen molar-refractivity contribution < 1.29 is 9.53 Å². The van der Waals surface area contributed by atoms with Crippen LogP contribution < -0.4 is 11.1 Å². The van der Waals surface area contributed by atoms with Crippen molar-refractivity contribution >= 4 is 5.91 Å². The SMILES string of the molecule is CC(C(=O)NCCCCOCc1ccccc1)C(N)c1ccccc1. The minimum atomic E-state index is -0.282. The first-order valence-corrected chi connectivity index (χ1v) is 8.88. The third kappa shape index (κ3) is 6.69. The van der Waals surface area contributed by atoms with E-state index in [1.54, 1.807) is 0 Å². The fraction of sp³-hybridized carbons (Fsp3) is 0.381. The van der Waals surface area contributed by atoms with Gasteiger partial charge in [-0.2, -0.15) is 0 Å². The van der Waals surface area contributed by atoms with Gasteiger partial charge in [0.15, 0.2) is 0 Å². The van der Waals surface area contributed by atoms with Crippen molar-refractivity contribution in [2.24, 2.45) is 11.7 Å². The standard InChI is InChI=1S/C21H28N2O2/c1-17(20(22)19-12-6-3-7-13-19)21(24)23-14-8-9-15-25-16-18-10-4-2-5-11-18/h2-7,10-13,17,20H,8-9,14-16,22H2,1H3,(H,23,24). The number of hydrogen-bond acceptors (Lipinski definition) is 3. The summed E-state index contributed by atoms with van der Waals surface area (Å²) in [4.78, 5) is 12.2. The number of nitrogens with one attached hydrogen (secondary N) is 1. The second kappa shape index (κ2) is 10.6. The van der Waals surface area contributed by atoms with Gasteiger partial charge in [-0.1, -0.05) is 67.6 Å². The fourth-order valence-corrected chi connectivity index (χ4v) is 2.59. The van der Waals surface area contributed by atoms with Crippen LogP contribution in [0.4, 0.5) is 0 Å². The van der Waals surface area contributed by atoms with E-state index in [1.165, 1.54) is 5.56 Å². The van der Waals surface area contributed by atoms with Crippen LogP contribution in [0.2, 0.25) is 0 Å². The number of amides is 1. The number of unbranched alkanes of at least 4 members (excludes halogenated alkanes) is 1. The highest BCUT2D eigenvalue weighted by Crippen LogP contribution is 2.18. The third-order valence-corrected chi connectivity index (χ3v) is 4.26. The van der Waals surface area contributed by atoms with E-state index < -0.39 is 0 Å². The second-order valence-corrected chi connectivity index (χ2v) is 6.26. The van der Waals surface area contributed by atoms with Gasteiger partial charge in [-0.3, -0.25) is 4.79 Å². The molecular weight excluding hydrogens is 312 g/mol. The molecule has 2 aromatic rings. The minimum absolute atomic E-state index is 0.00144. The maximum Gasteiger partial charge on any atom is 0.224 e. The summed E-state index contributed by atoms with van der Waals surface area (Å²) in [6.07, 6.45) is 1.82. The molecule has 25 heavy (non-hydrogen) atoms. The van der Waals surface area contributed by atoms with Gasteiger partial charge >= 0.3 is 0 Å². The molecule has 2 aromatic carbocycles. The Bertz CT molecular complexity index is 616. The number of rotatable bonds is 10. The Hall–Kier alpha value is -2.17. The third-order valence-electron chi connectivity index (χ3n) is 4.26. The van der Waals surface area contributed by atoms with Crippen LogP contribution in [-0.4, -0.2) is 19.1 Å². The summed E-state index contributed by atoms with van der Waals surface area (Å²) in [6, 6.07) is 19.6. The quantitative estimate of drug-likeness (QED) is 0.651. The molecule has 0 heterocycles. The zero-order valence-electron chi connectivity index (χ0n) is 14.9. The zero-order valence-corrected chi connectivity index (χ0v) is 14.9. The lowest BCUT2D eigenvalue weighted by molar-refractivity contribution is -0.125. The number of carbonyl (C=O) groups excluding carboxylic acids is 1. The number of ether oxygens (including phenoxy) is 1. The molecule has 2 rings (SSSR count). The number of nitrogens with two attached hydrogens (primary N) is 1. The first-order valence-electron chi connectivity index (χ1n) is 8.88. The van der Waals surface area contributed by atoms with Crippen molar-refractivity contribution in [1.29, 1.82) is 0 Å². The van der Waals surface area contributed by atoms with Crippen LogP contribution in [0, 0.1) is 5.92 Å². The topological polar surface area (TPSA) is 64.3 Å². The molecule has 0 spiro atoms. The Morgan fingerprint density at radius 3 is 2.36 bits per heavy atom. The van der Waals surface area contributed by atoms with Gasteiger partial charge < -0.3 is 15.8 Å². The highest BCUT2D eigenvalue weighted by atomic mass is 16.5. The Morgan fingerprint density at radius 2 is 1.68 bits per heavy atom. The van der Waals surface area contributed by atoms with E-state index in [-0.39, 0.29) is 17.9 Å². The fourth-order valence-electron chi connectivity index (χ4n) is 2.59. The Kier molecular flexibility index (Phi) is 8.16.